The van der Waals surface area contributed by atoms with E-state index in [1.54, 1.807) is 24.3 Å². The van der Waals surface area contributed by atoms with Crippen molar-refractivity contribution in [3.05, 3.63) is 35.9 Å². The summed E-state index contributed by atoms with van der Waals surface area (Å²) in [5.74, 6) is -0.416. The van der Waals surface area contributed by atoms with Gasteiger partial charge in [-0.15, -0.1) is 0 Å². The molecule has 1 aliphatic carbocycles. The van der Waals surface area contributed by atoms with Crippen LogP contribution in [0.1, 0.15) is 24.0 Å². The molecule has 1 aliphatic heterocycles. The molecule has 0 unspecified atom stereocenters. The summed E-state index contributed by atoms with van der Waals surface area (Å²) >= 11 is 0. The molecule has 0 N–H and O–H groups in total. The maximum absolute atomic E-state index is 12.6. The number of anilines is 1. The Morgan fingerprint density at radius 1 is 1.37 bits per heavy atom. The molecular formula is C14H12F3NO. The van der Waals surface area contributed by atoms with E-state index >= 15 is 0 Å². The fourth-order valence-corrected chi connectivity index (χ4v) is 2.73. The minimum absolute atomic E-state index is 0.386. The highest BCUT2D eigenvalue weighted by Gasteiger charge is 2.60. The molecule has 100 valence electrons. The Morgan fingerprint density at radius 3 is 2.58 bits per heavy atom. The van der Waals surface area contributed by atoms with Crippen molar-refractivity contribution in [3.63, 3.8) is 0 Å². The second-order valence-corrected chi connectivity index (χ2v) is 5.07. The number of amides is 1. The number of halogens is 3. The SMILES string of the molecule is C=Cc1ccc2c(c1)N(CC(F)(F)F)C(=O)C21CC1. The van der Waals surface area contributed by atoms with E-state index in [4.69, 9.17) is 0 Å². The minimum atomic E-state index is -4.39. The zero-order chi connectivity index (χ0) is 13.8. The smallest absolute Gasteiger partial charge is 0.302 e. The van der Waals surface area contributed by atoms with E-state index in [-0.39, 0.29) is 0 Å². The maximum Gasteiger partial charge on any atom is 0.406 e. The molecule has 1 aromatic rings. The average Bonchev–Trinajstić information content (AvgIpc) is 3.11. The van der Waals surface area contributed by atoms with Gasteiger partial charge in [0.15, 0.2) is 0 Å². The Balaban J connectivity index is 2.08. The summed E-state index contributed by atoms with van der Waals surface area (Å²) in [7, 11) is 0. The van der Waals surface area contributed by atoms with Gasteiger partial charge in [0.2, 0.25) is 5.91 Å². The zero-order valence-corrected chi connectivity index (χ0v) is 10.1. The average molecular weight is 267 g/mol. The van der Waals surface area contributed by atoms with Gasteiger partial charge < -0.3 is 4.90 Å². The molecule has 1 saturated carbocycles. The molecule has 0 aromatic heterocycles. The summed E-state index contributed by atoms with van der Waals surface area (Å²) in [5.41, 5.74) is 1.15. The van der Waals surface area contributed by atoms with E-state index in [9.17, 15) is 18.0 Å². The number of nitrogens with zero attached hydrogens (tertiary/aromatic N) is 1. The van der Waals surface area contributed by atoms with Gasteiger partial charge in [-0.1, -0.05) is 24.8 Å². The minimum Gasteiger partial charge on any atom is -0.302 e. The quantitative estimate of drug-likeness (QED) is 0.805. The van der Waals surface area contributed by atoms with Crippen LogP contribution in [0.2, 0.25) is 0 Å². The normalized spacial score (nSPS) is 19.7. The molecule has 1 spiro atoms. The standard InChI is InChI=1S/C14H12F3NO/c1-2-9-3-4-10-11(7-9)18(8-14(15,16)17)12(19)13(10)5-6-13/h2-4,7H,1,5-6,8H2. The van der Waals surface area contributed by atoms with Crippen LogP contribution in [0.4, 0.5) is 18.9 Å². The zero-order valence-electron chi connectivity index (χ0n) is 10.1. The summed E-state index contributed by atoms with van der Waals surface area (Å²) in [4.78, 5) is 13.1. The Hall–Kier alpha value is -1.78. The summed E-state index contributed by atoms with van der Waals surface area (Å²) in [6.45, 7) is 2.38. The van der Waals surface area contributed by atoms with Gasteiger partial charge in [0.1, 0.15) is 6.54 Å². The molecular weight excluding hydrogens is 255 g/mol. The number of carbonyl (C=O) groups is 1. The van der Waals surface area contributed by atoms with Crippen LogP contribution in [-0.2, 0) is 10.2 Å². The van der Waals surface area contributed by atoms with Crippen molar-refractivity contribution in [1.82, 2.24) is 0 Å². The second kappa shape index (κ2) is 3.62. The van der Waals surface area contributed by atoms with Crippen molar-refractivity contribution in [2.75, 3.05) is 11.4 Å². The van der Waals surface area contributed by atoms with Crippen LogP contribution in [0.15, 0.2) is 24.8 Å². The van der Waals surface area contributed by atoms with Crippen LogP contribution in [-0.4, -0.2) is 18.6 Å². The molecule has 0 atom stereocenters. The van der Waals surface area contributed by atoms with Gasteiger partial charge in [-0.3, -0.25) is 4.79 Å². The third-order valence-corrected chi connectivity index (χ3v) is 3.81. The fourth-order valence-electron chi connectivity index (χ4n) is 2.73. The molecule has 0 bridgehead atoms. The van der Waals surface area contributed by atoms with Crippen molar-refractivity contribution < 1.29 is 18.0 Å². The summed E-state index contributed by atoms with van der Waals surface area (Å²) in [5, 5.41) is 0. The Kier molecular flexibility index (Phi) is 2.34. The van der Waals surface area contributed by atoms with Crippen molar-refractivity contribution in [3.8, 4) is 0 Å². The number of benzene rings is 1. The topological polar surface area (TPSA) is 20.3 Å². The van der Waals surface area contributed by atoms with Gasteiger partial charge in [0, 0.05) is 5.69 Å². The first-order valence-corrected chi connectivity index (χ1v) is 6.03. The van der Waals surface area contributed by atoms with E-state index in [2.05, 4.69) is 6.58 Å². The van der Waals surface area contributed by atoms with E-state index < -0.39 is 24.0 Å². The van der Waals surface area contributed by atoms with Gasteiger partial charge in [0.25, 0.3) is 0 Å². The molecule has 1 heterocycles. The van der Waals surface area contributed by atoms with Gasteiger partial charge in [-0.25, -0.2) is 0 Å². The van der Waals surface area contributed by atoms with Gasteiger partial charge in [0.05, 0.1) is 5.41 Å². The van der Waals surface area contributed by atoms with Crippen molar-refractivity contribution in [2.45, 2.75) is 24.4 Å². The van der Waals surface area contributed by atoms with E-state index in [0.717, 1.165) is 16.0 Å². The molecule has 1 fully saturated rings. The molecule has 2 aliphatic rings. The maximum atomic E-state index is 12.6. The highest BCUT2D eigenvalue weighted by Crippen LogP contribution is 2.57. The van der Waals surface area contributed by atoms with Crippen LogP contribution >= 0.6 is 0 Å². The van der Waals surface area contributed by atoms with Crippen LogP contribution in [0.5, 0.6) is 0 Å². The molecule has 3 rings (SSSR count). The third-order valence-electron chi connectivity index (χ3n) is 3.81. The Labute approximate surface area is 108 Å². The number of fused-ring (bicyclic) bond motifs is 2. The number of alkyl halides is 3. The van der Waals surface area contributed by atoms with E-state index in [0.29, 0.717) is 18.5 Å². The molecule has 0 radical (unpaired) electrons. The highest BCUT2D eigenvalue weighted by molar-refractivity contribution is 6.10. The lowest BCUT2D eigenvalue weighted by atomic mass is 9.97. The van der Waals surface area contributed by atoms with E-state index in [1.165, 1.54) is 0 Å². The number of carbonyl (C=O) groups excluding carboxylic acids is 1. The predicted octanol–water partition coefficient (Wildman–Crippen LogP) is 3.27. The first-order valence-electron chi connectivity index (χ1n) is 6.03. The van der Waals surface area contributed by atoms with Crippen LogP contribution < -0.4 is 4.90 Å². The molecule has 1 amide bonds. The van der Waals surface area contributed by atoms with Crippen LogP contribution in [0.3, 0.4) is 0 Å². The molecule has 0 saturated heterocycles. The Bertz CT molecular complexity index is 573. The molecule has 1 aromatic carbocycles. The van der Waals surface area contributed by atoms with Gasteiger partial charge >= 0.3 is 6.18 Å². The van der Waals surface area contributed by atoms with Crippen molar-refractivity contribution in [2.24, 2.45) is 0 Å². The van der Waals surface area contributed by atoms with Gasteiger partial charge in [-0.2, -0.15) is 13.2 Å². The summed E-state index contributed by atoms with van der Waals surface area (Å²) < 4.78 is 37.8. The summed E-state index contributed by atoms with van der Waals surface area (Å²) in [6, 6.07) is 5.16. The van der Waals surface area contributed by atoms with Crippen molar-refractivity contribution >= 4 is 17.7 Å². The predicted molar refractivity (Wildman–Crippen MR) is 65.9 cm³/mol. The summed E-state index contributed by atoms with van der Waals surface area (Å²) in [6.07, 6.45) is -1.55. The number of rotatable bonds is 2. The third kappa shape index (κ3) is 1.76. The number of hydrogen-bond acceptors (Lipinski definition) is 1. The van der Waals surface area contributed by atoms with Crippen molar-refractivity contribution in [1.29, 1.82) is 0 Å². The largest absolute Gasteiger partial charge is 0.406 e. The highest BCUT2D eigenvalue weighted by atomic mass is 19.4. The second-order valence-electron chi connectivity index (χ2n) is 5.07. The molecule has 5 heteroatoms. The van der Waals surface area contributed by atoms with Crippen LogP contribution in [0, 0.1) is 0 Å². The van der Waals surface area contributed by atoms with Gasteiger partial charge in [-0.05, 0) is 30.0 Å². The van der Waals surface area contributed by atoms with Crippen LogP contribution in [0.25, 0.3) is 6.08 Å². The van der Waals surface area contributed by atoms with E-state index in [1.807, 2.05) is 0 Å². The lowest BCUT2D eigenvalue weighted by Gasteiger charge is -2.20. The molecule has 2 nitrogen and oxygen atoms in total. The fraction of sp³-hybridized carbons (Fsp3) is 0.357. The Morgan fingerprint density at radius 2 is 2.05 bits per heavy atom. The first-order chi connectivity index (χ1) is 8.87. The monoisotopic (exact) mass is 267 g/mol. The molecule has 19 heavy (non-hydrogen) atoms. The lowest BCUT2D eigenvalue weighted by molar-refractivity contribution is -0.132. The first kappa shape index (κ1) is 12.3. The lowest BCUT2D eigenvalue weighted by Crippen LogP contribution is -2.39. The number of hydrogen-bond donors (Lipinski definition) is 0.